The van der Waals surface area contributed by atoms with Crippen molar-refractivity contribution in [2.45, 2.75) is 12.5 Å². The molecule has 0 spiro atoms. The van der Waals surface area contributed by atoms with Gasteiger partial charge in [0.1, 0.15) is 11.9 Å². The number of hydrogen-bond donors (Lipinski definition) is 5. The van der Waals surface area contributed by atoms with E-state index in [2.05, 4.69) is 21.5 Å². The van der Waals surface area contributed by atoms with E-state index in [1.807, 2.05) is 6.26 Å². The Balaban J connectivity index is 2.46. The smallest absolute Gasteiger partial charge is 0.312 e. The number of thioether (sulfide) groups is 1. The molecule has 0 unspecified atom stereocenters. The number of rotatable bonds is 6. The Labute approximate surface area is 142 Å². The van der Waals surface area contributed by atoms with E-state index >= 15 is 0 Å². The second-order valence-electron chi connectivity index (χ2n) is 4.42. The highest BCUT2D eigenvalue weighted by Gasteiger charge is 2.19. The molecule has 0 fully saturated rings. The van der Waals surface area contributed by atoms with Crippen molar-refractivity contribution in [1.29, 1.82) is 0 Å². The van der Waals surface area contributed by atoms with Crippen LogP contribution in [0.4, 0.5) is 14.9 Å². The lowest BCUT2D eigenvalue weighted by atomic mass is 10.2. The van der Waals surface area contributed by atoms with Crippen molar-refractivity contribution in [3.63, 3.8) is 0 Å². The topological polar surface area (TPSA) is 108 Å². The van der Waals surface area contributed by atoms with Gasteiger partial charge in [-0.2, -0.15) is 11.8 Å². The largest absolute Gasteiger partial charge is 0.352 e. The number of hydrogen-bond acceptors (Lipinski definition) is 4. The van der Waals surface area contributed by atoms with Crippen LogP contribution in [0.3, 0.4) is 0 Å². The normalized spacial score (nSPS) is 11.2. The van der Waals surface area contributed by atoms with E-state index in [1.165, 1.54) is 24.3 Å². The van der Waals surface area contributed by atoms with Crippen LogP contribution in [-0.2, 0) is 4.79 Å². The van der Waals surface area contributed by atoms with Gasteiger partial charge in [-0.15, -0.1) is 0 Å². The van der Waals surface area contributed by atoms with Gasteiger partial charge in [-0.05, 0) is 54.9 Å². The standard InChI is InChI=1S/C13H18FN5O2S2/c1-23-7-6-10(17-12(15)21)11(20)18-19-13(22)16-9-4-2-8(14)3-5-9/h2-5,10H,6-7H2,1H3,(H,18,20)(H3,15,17,21)(H2,16,19,22)/t10-/m0/s1. The minimum atomic E-state index is -0.779. The van der Waals surface area contributed by atoms with Crippen molar-refractivity contribution < 1.29 is 14.0 Å². The number of primary amides is 1. The lowest BCUT2D eigenvalue weighted by Gasteiger charge is -2.18. The fourth-order valence-corrected chi connectivity index (χ4v) is 2.22. The number of hydrazine groups is 1. The number of anilines is 1. The molecule has 0 radical (unpaired) electrons. The molecule has 1 atom stereocenters. The molecule has 6 N–H and O–H groups in total. The molecule has 1 aromatic carbocycles. The maximum Gasteiger partial charge on any atom is 0.312 e. The molecule has 0 saturated heterocycles. The third kappa shape index (κ3) is 7.66. The summed E-state index contributed by atoms with van der Waals surface area (Å²) in [5, 5.41) is 5.25. The van der Waals surface area contributed by atoms with Gasteiger partial charge in [-0.3, -0.25) is 15.6 Å². The molecule has 0 heterocycles. The van der Waals surface area contributed by atoms with Gasteiger partial charge in [0.15, 0.2) is 5.11 Å². The van der Waals surface area contributed by atoms with Crippen molar-refractivity contribution in [3.8, 4) is 0 Å². The van der Waals surface area contributed by atoms with Gasteiger partial charge in [0, 0.05) is 5.69 Å². The van der Waals surface area contributed by atoms with Crippen LogP contribution in [0.2, 0.25) is 0 Å². The lowest BCUT2D eigenvalue weighted by molar-refractivity contribution is -0.123. The number of nitrogens with two attached hydrogens (primary N) is 1. The van der Waals surface area contributed by atoms with Crippen LogP contribution in [0.1, 0.15) is 6.42 Å². The number of carbonyl (C=O) groups excluding carboxylic acids is 2. The summed E-state index contributed by atoms with van der Waals surface area (Å²) in [7, 11) is 0. The summed E-state index contributed by atoms with van der Waals surface area (Å²) >= 11 is 6.54. The van der Waals surface area contributed by atoms with E-state index in [1.54, 1.807) is 11.8 Å². The number of halogens is 1. The van der Waals surface area contributed by atoms with Crippen LogP contribution in [0.5, 0.6) is 0 Å². The number of benzene rings is 1. The third-order valence-electron chi connectivity index (χ3n) is 2.64. The number of thiocarbonyl (C=S) groups is 1. The Morgan fingerprint density at radius 3 is 2.52 bits per heavy atom. The molecule has 0 aliphatic heterocycles. The Hall–Kier alpha value is -2.07. The summed E-state index contributed by atoms with van der Waals surface area (Å²) in [4.78, 5) is 22.9. The van der Waals surface area contributed by atoms with Gasteiger partial charge in [-0.1, -0.05) is 0 Å². The van der Waals surface area contributed by atoms with Crippen molar-refractivity contribution in [2.75, 3.05) is 17.3 Å². The van der Waals surface area contributed by atoms with Gasteiger partial charge >= 0.3 is 6.03 Å². The summed E-state index contributed by atoms with van der Waals surface area (Å²) in [6, 6.07) is 4.01. The molecule has 1 aromatic rings. The Morgan fingerprint density at radius 1 is 1.30 bits per heavy atom. The molecule has 7 nitrogen and oxygen atoms in total. The molecule has 126 valence electrons. The van der Waals surface area contributed by atoms with Crippen molar-refractivity contribution in [3.05, 3.63) is 30.1 Å². The van der Waals surface area contributed by atoms with Crippen LogP contribution in [0.25, 0.3) is 0 Å². The molecule has 0 aromatic heterocycles. The molecule has 0 saturated carbocycles. The molecule has 23 heavy (non-hydrogen) atoms. The summed E-state index contributed by atoms with van der Waals surface area (Å²) in [6.07, 6.45) is 2.31. The zero-order valence-corrected chi connectivity index (χ0v) is 14.0. The Bertz CT molecular complexity index is 556. The summed E-state index contributed by atoms with van der Waals surface area (Å²) in [5.41, 5.74) is 10.5. The minimum Gasteiger partial charge on any atom is -0.352 e. The van der Waals surface area contributed by atoms with Crippen LogP contribution in [0, 0.1) is 5.82 Å². The third-order valence-corrected chi connectivity index (χ3v) is 3.49. The highest BCUT2D eigenvalue weighted by atomic mass is 32.2. The molecule has 0 bridgehead atoms. The first-order chi connectivity index (χ1) is 10.9. The molecular formula is C13H18FN5O2S2. The molecule has 0 aliphatic rings. The maximum absolute atomic E-state index is 12.8. The molecule has 0 aliphatic carbocycles. The van der Waals surface area contributed by atoms with Crippen molar-refractivity contribution in [2.24, 2.45) is 5.73 Å². The first-order valence-corrected chi connectivity index (χ1v) is 8.40. The van der Waals surface area contributed by atoms with E-state index in [4.69, 9.17) is 18.0 Å². The van der Waals surface area contributed by atoms with E-state index in [0.717, 1.165) is 0 Å². The van der Waals surface area contributed by atoms with Crippen LogP contribution in [0.15, 0.2) is 24.3 Å². The second kappa shape index (κ2) is 9.85. The maximum atomic E-state index is 12.8. The van der Waals surface area contributed by atoms with Gasteiger partial charge in [0.25, 0.3) is 5.91 Å². The summed E-state index contributed by atoms with van der Waals surface area (Å²) in [5.74, 6) is -0.158. The van der Waals surface area contributed by atoms with E-state index in [9.17, 15) is 14.0 Å². The van der Waals surface area contributed by atoms with Crippen LogP contribution >= 0.6 is 24.0 Å². The highest BCUT2D eigenvalue weighted by Crippen LogP contribution is 2.07. The number of amides is 3. The minimum absolute atomic E-state index is 0.118. The Morgan fingerprint density at radius 2 is 1.96 bits per heavy atom. The molecule has 3 amide bonds. The average Bonchev–Trinajstić information content (AvgIpc) is 2.51. The lowest BCUT2D eigenvalue weighted by Crippen LogP contribution is -2.54. The van der Waals surface area contributed by atoms with E-state index < -0.39 is 18.0 Å². The number of nitrogens with one attached hydrogen (secondary N) is 4. The second-order valence-corrected chi connectivity index (χ2v) is 5.81. The monoisotopic (exact) mass is 359 g/mol. The summed E-state index contributed by atoms with van der Waals surface area (Å²) in [6.45, 7) is 0. The number of urea groups is 1. The average molecular weight is 359 g/mol. The summed E-state index contributed by atoms with van der Waals surface area (Å²) < 4.78 is 12.8. The fraction of sp³-hybridized carbons (Fsp3) is 0.308. The van der Waals surface area contributed by atoms with Gasteiger partial charge < -0.3 is 16.4 Å². The first-order valence-electron chi connectivity index (χ1n) is 6.59. The first kappa shape index (κ1) is 19.0. The zero-order chi connectivity index (χ0) is 17.2. The van der Waals surface area contributed by atoms with E-state index in [-0.39, 0.29) is 10.9 Å². The predicted octanol–water partition coefficient (Wildman–Crippen LogP) is 0.933. The highest BCUT2D eigenvalue weighted by molar-refractivity contribution is 7.98. The van der Waals surface area contributed by atoms with Gasteiger partial charge in [0.05, 0.1) is 0 Å². The molecule has 10 heteroatoms. The predicted molar refractivity (Wildman–Crippen MR) is 93.4 cm³/mol. The van der Waals surface area contributed by atoms with Crippen molar-refractivity contribution >= 4 is 46.7 Å². The van der Waals surface area contributed by atoms with Crippen LogP contribution in [-0.4, -0.2) is 35.1 Å². The van der Waals surface area contributed by atoms with Crippen molar-refractivity contribution in [1.82, 2.24) is 16.2 Å². The zero-order valence-electron chi connectivity index (χ0n) is 12.4. The Kier molecular flexibility index (Phi) is 8.13. The quantitative estimate of drug-likeness (QED) is 0.382. The SMILES string of the molecule is CSCC[C@H](NC(N)=O)C(=O)NNC(=S)Nc1ccc(F)cc1. The molecular weight excluding hydrogens is 341 g/mol. The van der Waals surface area contributed by atoms with Gasteiger partial charge in [-0.25, -0.2) is 9.18 Å². The fourth-order valence-electron chi connectivity index (χ4n) is 1.58. The van der Waals surface area contributed by atoms with E-state index in [0.29, 0.717) is 17.9 Å². The number of carbonyl (C=O) groups is 2. The molecule has 1 rings (SSSR count). The van der Waals surface area contributed by atoms with Gasteiger partial charge in [0.2, 0.25) is 0 Å². The van der Waals surface area contributed by atoms with Crippen LogP contribution < -0.4 is 27.2 Å².